The highest BCUT2D eigenvalue weighted by Crippen LogP contribution is 2.26. The van der Waals surface area contributed by atoms with E-state index in [0.29, 0.717) is 17.2 Å². The topological polar surface area (TPSA) is 24.9 Å². The summed E-state index contributed by atoms with van der Waals surface area (Å²) in [4.78, 5) is 4.62. The fraction of sp³-hybridized carbons (Fsp3) is 0.312. The molecule has 0 aliphatic carbocycles. The van der Waals surface area contributed by atoms with Gasteiger partial charge in [-0.3, -0.25) is 4.98 Å². The lowest BCUT2D eigenvalue weighted by molar-refractivity contribution is 0.453. The van der Waals surface area contributed by atoms with Crippen molar-refractivity contribution in [2.75, 3.05) is 13.1 Å². The van der Waals surface area contributed by atoms with Gasteiger partial charge in [0.2, 0.25) is 0 Å². The Morgan fingerprint density at radius 1 is 1.00 bits per heavy atom. The van der Waals surface area contributed by atoms with Gasteiger partial charge in [0.15, 0.2) is 11.6 Å². The number of aromatic nitrogens is 1. The fourth-order valence-electron chi connectivity index (χ4n) is 2.61. The zero-order chi connectivity index (χ0) is 13.9. The predicted molar refractivity (Wildman–Crippen MR) is 74.4 cm³/mol. The molecule has 0 spiro atoms. The van der Waals surface area contributed by atoms with Crippen molar-refractivity contribution in [1.82, 2.24) is 10.3 Å². The number of hydrogen-bond acceptors (Lipinski definition) is 2. The van der Waals surface area contributed by atoms with Gasteiger partial charge in [0, 0.05) is 17.2 Å². The van der Waals surface area contributed by atoms with E-state index in [0.717, 1.165) is 37.7 Å². The fourth-order valence-corrected chi connectivity index (χ4v) is 2.61. The highest BCUT2D eigenvalue weighted by Gasteiger charge is 2.17. The molecule has 1 saturated heterocycles. The van der Waals surface area contributed by atoms with Crippen molar-refractivity contribution < 1.29 is 8.78 Å². The molecule has 0 bridgehead atoms. The van der Waals surface area contributed by atoms with Crippen LogP contribution in [0.25, 0.3) is 11.3 Å². The quantitative estimate of drug-likeness (QED) is 0.906. The van der Waals surface area contributed by atoms with Gasteiger partial charge in [0.25, 0.3) is 0 Å². The second-order valence-electron chi connectivity index (χ2n) is 5.10. The first-order valence-electron chi connectivity index (χ1n) is 6.87. The van der Waals surface area contributed by atoms with Gasteiger partial charge in [-0.1, -0.05) is 6.07 Å². The third kappa shape index (κ3) is 2.70. The van der Waals surface area contributed by atoms with Crippen LogP contribution in [0.1, 0.15) is 24.5 Å². The van der Waals surface area contributed by atoms with E-state index in [1.807, 2.05) is 18.2 Å². The third-order valence-electron chi connectivity index (χ3n) is 3.74. The van der Waals surface area contributed by atoms with Crippen molar-refractivity contribution in [1.29, 1.82) is 0 Å². The number of nitrogens with one attached hydrogen (secondary N) is 1. The first-order chi connectivity index (χ1) is 9.74. The Bertz CT molecular complexity index is 607. The zero-order valence-electron chi connectivity index (χ0n) is 11.1. The average molecular weight is 274 g/mol. The molecule has 0 unspecified atom stereocenters. The summed E-state index contributed by atoms with van der Waals surface area (Å²) < 4.78 is 26.3. The van der Waals surface area contributed by atoms with Crippen LogP contribution < -0.4 is 5.32 Å². The standard InChI is InChI=1S/C16H16F2N2/c17-13-5-4-12(10-14(13)18)16-3-1-2-15(20-16)11-6-8-19-9-7-11/h1-5,10-11,19H,6-9H2. The minimum atomic E-state index is -0.837. The minimum absolute atomic E-state index is 0.446. The summed E-state index contributed by atoms with van der Waals surface area (Å²) in [6, 6.07) is 9.68. The SMILES string of the molecule is Fc1ccc(-c2cccc(C3CCNCC3)n2)cc1F. The molecule has 1 aromatic heterocycles. The molecule has 2 aromatic rings. The molecule has 2 heterocycles. The number of piperidine rings is 1. The van der Waals surface area contributed by atoms with Crippen LogP contribution in [0.2, 0.25) is 0 Å². The molecule has 1 N–H and O–H groups in total. The number of rotatable bonds is 2. The van der Waals surface area contributed by atoms with Crippen LogP contribution in [0.5, 0.6) is 0 Å². The maximum atomic E-state index is 13.3. The van der Waals surface area contributed by atoms with Gasteiger partial charge in [-0.2, -0.15) is 0 Å². The average Bonchev–Trinajstić information content (AvgIpc) is 2.51. The van der Waals surface area contributed by atoms with Gasteiger partial charge in [-0.15, -0.1) is 0 Å². The van der Waals surface area contributed by atoms with Crippen LogP contribution in [-0.2, 0) is 0 Å². The highest BCUT2D eigenvalue weighted by molar-refractivity contribution is 5.59. The molecule has 3 rings (SSSR count). The van der Waals surface area contributed by atoms with Crippen LogP contribution >= 0.6 is 0 Å². The molecule has 1 aliphatic rings. The smallest absolute Gasteiger partial charge is 0.159 e. The lowest BCUT2D eigenvalue weighted by Crippen LogP contribution is -2.27. The van der Waals surface area contributed by atoms with E-state index in [2.05, 4.69) is 10.3 Å². The Kier molecular flexibility index (Phi) is 3.74. The summed E-state index contributed by atoms with van der Waals surface area (Å²) >= 11 is 0. The van der Waals surface area contributed by atoms with Gasteiger partial charge in [-0.25, -0.2) is 8.78 Å². The molecular formula is C16H16F2N2. The van der Waals surface area contributed by atoms with E-state index in [9.17, 15) is 8.78 Å². The molecule has 0 amide bonds. The Labute approximate surface area is 116 Å². The third-order valence-corrected chi connectivity index (χ3v) is 3.74. The molecule has 2 nitrogen and oxygen atoms in total. The van der Waals surface area contributed by atoms with Crippen molar-refractivity contribution in [3.63, 3.8) is 0 Å². The van der Waals surface area contributed by atoms with E-state index in [-0.39, 0.29) is 0 Å². The van der Waals surface area contributed by atoms with Crippen LogP contribution in [-0.4, -0.2) is 18.1 Å². The van der Waals surface area contributed by atoms with Crippen molar-refractivity contribution >= 4 is 0 Å². The lowest BCUT2D eigenvalue weighted by Gasteiger charge is -2.22. The number of halogens is 2. The number of hydrogen-bond donors (Lipinski definition) is 1. The van der Waals surface area contributed by atoms with Crippen molar-refractivity contribution in [3.8, 4) is 11.3 Å². The van der Waals surface area contributed by atoms with E-state index >= 15 is 0 Å². The Balaban J connectivity index is 1.91. The molecule has 20 heavy (non-hydrogen) atoms. The van der Waals surface area contributed by atoms with E-state index < -0.39 is 11.6 Å². The summed E-state index contributed by atoms with van der Waals surface area (Å²) in [5.74, 6) is -1.22. The zero-order valence-corrected chi connectivity index (χ0v) is 11.1. The largest absolute Gasteiger partial charge is 0.317 e. The summed E-state index contributed by atoms with van der Waals surface area (Å²) in [6.45, 7) is 2.00. The van der Waals surface area contributed by atoms with Gasteiger partial charge < -0.3 is 5.32 Å². The number of nitrogens with zero attached hydrogens (tertiary/aromatic N) is 1. The van der Waals surface area contributed by atoms with Crippen molar-refractivity contribution in [2.45, 2.75) is 18.8 Å². The van der Waals surface area contributed by atoms with Gasteiger partial charge >= 0.3 is 0 Å². The number of pyridine rings is 1. The molecule has 0 atom stereocenters. The second-order valence-corrected chi connectivity index (χ2v) is 5.10. The van der Waals surface area contributed by atoms with Crippen LogP contribution in [0.3, 0.4) is 0 Å². The molecule has 0 radical (unpaired) electrons. The Hall–Kier alpha value is -1.81. The van der Waals surface area contributed by atoms with Crippen LogP contribution in [0, 0.1) is 11.6 Å². The number of benzene rings is 1. The normalized spacial score (nSPS) is 16.3. The maximum Gasteiger partial charge on any atom is 0.159 e. The Morgan fingerprint density at radius 3 is 2.55 bits per heavy atom. The van der Waals surface area contributed by atoms with Gasteiger partial charge in [0.05, 0.1) is 5.69 Å². The maximum absolute atomic E-state index is 13.3. The summed E-state index contributed by atoms with van der Waals surface area (Å²) in [6.07, 6.45) is 2.13. The second kappa shape index (κ2) is 5.67. The van der Waals surface area contributed by atoms with Crippen LogP contribution in [0.15, 0.2) is 36.4 Å². The molecule has 104 valence electrons. The first kappa shape index (κ1) is 13.2. The molecule has 1 aromatic carbocycles. The van der Waals surface area contributed by atoms with E-state index in [1.165, 1.54) is 6.07 Å². The van der Waals surface area contributed by atoms with Crippen LogP contribution in [0.4, 0.5) is 8.78 Å². The predicted octanol–water partition coefficient (Wildman–Crippen LogP) is 3.49. The minimum Gasteiger partial charge on any atom is -0.317 e. The first-order valence-corrected chi connectivity index (χ1v) is 6.87. The van der Waals surface area contributed by atoms with Crippen molar-refractivity contribution in [3.05, 3.63) is 53.7 Å². The molecule has 1 fully saturated rings. The van der Waals surface area contributed by atoms with E-state index in [4.69, 9.17) is 0 Å². The molecular weight excluding hydrogens is 258 g/mol. The van der Waals surface area contributed by atoms with E-state index in [1.54, 1.807) is 6.07 Å². The summed E-state index contributed by atoms with van der Waals surface area (Å²) in [5, 5.41) is 3.33. The monoisotopic (exact) mass is 274 g/mol. The summed E-state index contributed by atoms with van der Waals surface area (Å²) in [7, 11) is 0. The van der Waals surface area contributed by atoms with Gasteiger partial charge in [0.1, 0.15) is 0 Å². The molecule has 1 aliphatic heterocycles. The van der Waals surface area contributed by atoms with Gasteiger partial charge in [-0.05, 0) is 56.3 Å². The molecule has 0 saturated carbocycles. The lowest BCUT2D eigenvalue weighted by atomic mass is 9.94. The highest BCUT2D eigenvalue weighted by atomic mass is 19.2. The Morgan fingerprint density at radius 2 is 1.80 bits per heavy atom. The van der Waals surface area contributed by atoms with Crippen molar-refractivity contribution in [2.24, 2.45) is 0 Å². The molecule has 4 heteroatoms. The summed E-state index contributed by atoms with van der Waals surface area (Å²) in [5.41, 5.74) is 2.34.